The van der Waals surface area contributed by atoms with Crippen molar-refractivity contribution in [2.75, 3.05) is 5.73 Å². The van der Waals surface area contributed by atoms with Gasteiger partial charge >= 0.3 is 5.97 Å². The van der Waals surface area contributed by atoms with Crippen LogP contribution in [0.1, 0.15) is 42.3 Å². The Morgan fingerprint density at radius 2 is 1.90 bits per heavy atom. The highest BCUT2D eigenvalue weighted by Gasteiger charge is 2.37. The lowest BCUT2D eigenvalue weighted by molar-refractivity contribution is 0.0696. The van der Waals surface area contributed by atoms with Gasteiger partial charge in [0.1, 0.15) is 0 Å². The van der Waals surface area contributed by atoms with Crippen molar-refractivity contribution in [2.45, 2.75) is 52.4 Å². The molecule has 0 amide bonds. The minimum Gasteiger partial charge on any atom is -0.478 e. The third kappa shape index (κ3) is 3.40. The third-order valence-corrected chi connectivity index (χ3v) is 8.73. The maximum absolute atomic E-state index is 11.2. The normalized spacial score (nSPS) is 12.5. The van der Waals surface area contributed by atoms with Gasteiger partial charge in [0.2, 0.25) is 0 Å². The number of carboxylic acid groups (broad SMARTS) is 1. The molecule has 1 rings (SSSR count). The second-order valence-electron chi connectivity index (χ2n) is 6.66. The highest BCUT2D eigenvalue weighted by molar-refractivity contribution is 6.74. The molecular formula is C15H25NO3Si. The van der Waals surface area contributed by atoms with Gasteiger partial charge in [-0.2, -0.15) is 0 Å². The summed E-state index contributed by atoms with van der Waals surface area (Å²) in [5.41, 5.74) is 8.32. The molecule has 0 unspecified atom stereocenters. The van der Waals surface area contributed by atoms with E-state index < -0.39 is 14.3 Å². The highest BCUT2D eigenvalue weighted by Crippen LogP contribution is 2.37. The van der Waals surface area contributed by atoms with E-state index in [4.69, 9.17) is 15.3 Å². The van der Waals surface area contributed by atoms with Crippen LogP contribution in [0.3, 0.4) is 0 Å². The lowest BCUT2D eigenvalue weighted by atomic mass is 10.0. The van der Waals surface area contributed by atoms with Gasteiger partial charge in [0.15, 0.2) is 8.32 Å². The number of hydrogen-bond donors (Lipinski definition) is 2. The van der Waals surface area contributed by atoms with Gasteiger partial charge in [-0.1, -0.05) is 20.8 Å². The fourth-order valence-electron chi connectivity index (χ4n) is 1.67. The fourth-order valence-corrected chi connectivity index (χ4v) is 2.61. The number of nitrogen functional groups attached to an aromatic ring is 1. The molecule has 0 saturated heterocycles. The first-order valence-electron chi connectivity index (χ1n) is 6.72. The van der Waals surface area contributed by atoms with Gasteiger partial charge in [-0.3, -0.25) is 0 Å². The first-order valence-corrected chi connectivity index (χ1v) is 9.63. The molecule has 0 aliphatic rings. The second-order valence-corrected chi connectivity index (χ2v) is 11.5. The van der Waals surface area contributed by atoms with Gasteiger partial charge < -0.3 is 15.3 Å². The molecule has 0 saturated carbocycles. The van der Waals surface area contributed by atoms with E-state index in [1.165, 1.54) is 0 Å². The summed E-state index contributed by atoms with van der Waals surface area (Å²) >= 11 is 0. The number of anilines is 1. The summed E-state index contributed by atoms with van der Waals surface area (Å²) in [4.78, 5) is 11.2. The van der Waals surface area contributed by atoms with Crippen LogP contribution in [0.25, 0.3) is 0 Å². The van der Waals surface area contributed by atoms with Crippen LogP contribution in [0.5, 0.6) is 0 Å². The van der Waals surface area contributed by atoms with Crippen molar-refractivity contribution in [2.24, 2.45) is 0 Å². The predicted molar refractivity (Wildman–Crippen MR) is 84.5 cm³/mol. The monoisotopic (exact) mass is 295 g/mol. The molecule has 1 aromatic carbocycles. The van der Waals surface area contributed by atoms with Crippen molar-refractivity contribution < 1.29 is 14.3 Å². The lowest BCUT2D eigenvalue weighted by Crippen LogP contribution is -2.40. The minimum atomic E-state index is -1.88. The molecule has 0 fully saturated rings. The summed E-state index contributed by atoms with van der Waals surface area (Å²) in [7, 11) is -1.88. The first-order chi connectivity index (χ1) is 8.97. The zero-order valence-corrected chi connectivity index (χ0v) is 14.2. The topological polar surface area (TPSA) is 72.5 Å². The van der Waals surface area contributed by atoms with Gasteiger partial charge in [0, 0.05) is 11.3 Å². The summed E-state index contributed by atoms with van der Waals surface area (Å²) in [6.45, 7) is 13.0. The Morgan fingerprint density at radius 1 is 1.35 bits per heavy atom. The van der Waals surface area contributed by atoms with Crippen LogP contribution < -0.4 is 5.73 Å². The fraction of sp³-hybridized carbons (Fsp3) is 0.533. The summed E-state index contributed by atoms with van der Waals surface area (Å²) < 4.78 is 6.14. The summed E-state index contributed by atoms with van der Waals surface area (Å²) in [5.74, 6) is -0.934. The molecule has 4 nitrogen and oxygen atoms in total. The maximum atomic E-state index is 11.2. The van der Waals surface area contributed by atoms with Crippen molar-refractivity contribution in [1.82, 2.24) is 0 Å². The summed E-state index contributed by atoms with van der Waals surface area (Å²) in [5, 5.41) is 9.28. The Hall–Kier alpha value is -1.33. The molecule has 0 radical (unpaired) electrons. The zero-order chi connectivity index (χ0) is 15.7. The number of rotatable bonds is 4. The highest BCUT2D eigenvalue weighted by atomic mass is 28.4. The van der Waals surface area contributed by atoms with Gasteiger partial charge in [0.05, 0.1) is 12.2 Å². The van der Waals surface area contributed by atoms with E-state index in [1.54, 1.807) is 19.1 Å². The molecule has 0 atom stereocenters. The van der Waals surface area contributed by atoms with E-state index in [2.05, 4.69) is 33.9 Å². The standard InChI is InChI=1S/C15H25NO3Si/c1-10-11(14(17)18)7-8-13(16)12(10)9-19-20(5,6)15(2,3)4/h7-8H,9,16H2,1-6H3,(H,17,18). The Kier molecular flexibility index (Phi) is 4.66. The van der Waals surface area contributed by atoms with Crippen molar-refractivity contribution in [3.05, 3.63) is 28.8 Å². The van der Waals surface area contributed by atoms with Gasteiger partial charge in [0.25, 0.3) is 0 Å². The molecule has 5 heteroatoms. The van der Waals surface area contributed by atoms with Crippen LogP contribution >= 0.6 is 0 Å². The van der Waals surface area contributed by atoms with E-state index in [-0.39, 0.29) is 10.6 Å². The van der Waals surface area contributed by atoms with E-state index in [0.717, 1.165) is 5.56 Å². The number of aromatic carboxylic acids is 1. The van der Waals surface area contributed by atoms with E-state index >= 15 is 0 Å². The molecule has 112 valence electrons. The molecule has 20 heavy (non-hydrogen) atoms. The zero-order valence-electron chi connectivity index (χ0n) is 13.2. The Morgan fingerprint density at radius 3 is 2.35 bits per heavy atom. The first kappa shape index (κ1) is 16.7. The van der Waals surface area contributed by atoms with Gasteiger partial charge in [-0.05, 0) is 42.8 Å². The van der Waals surface area contributed by atoms with Crippen molar-refractivity contribution in [1.29, 1.82) is 0 Å². The van der Waals surface area contributed by atoms with Crippen molar-refractivity contribution >= 4 is 20.0 Å². The molecule has 0 spiro atoms. The number of nitrogens with two attached hydrogens (primary N) is 1. The lowest BCUT2D eigenvalue weighted by Gasteiger charge is -2.36. The number of carboxylic acids is 1. The van der Waals surface area contributed by atoms with Gasteiger partial charge in [-0.15, -0.1) is 0 Å². The van der Waals surface area contributed by atoms with Crippen LogP contribution in [0, 0.1) is 6.92 Å². The largest absolute Gasteiger partial charge is 0.478 e. The van der Waals surface area contributed by atoms with Crippen molar-refractivity contribution in [3.63, 3.8) is 0 Å². The number of hydrogen-bond acceptors (Lipinski definition) is 3. The molecule has 0 aliphatic heterocycles. The quantitative estimate of drug-likeness (QED) is 0.654. The molecule has 0 heterocycles. The van der Waals surface area contributed by atoms with E-state index in [0.29, 0.717) is 17.9 Å². The molecule has 0 aromatic heterocycles. The minimum absolute atomic E-state index is 0.111. The van der Waals surface area contributed by atoms with Crippen LogP contribution in [-0.2, 0) is 11.0 Å². The smallest absolute Gasteiger partial charge is 0.335 e. The third-order valence-electron chi connectivity index (χ3n) is 4.25. The van der Waals surface area contributed by atoms with Crippen LogP contribution in [0.15, 0.2) is 12.1 Å². The van der Waals surface area contributed by atoms with Crippen molar-refractivity contribution in [3.8, 4) is 0 Å². The van der Waals surface area contributed by atoms with Crippen LogP contribution in [0.2, 0.25) is 18.1 Å². The Balaban J connectivity index is 3.05. The van der Waals surface area contributed by atoms with Crippen LogP contribution in [-0.4, -0.2) is 19.4 Å². The average Bonchev–Trinajstić information content (AvgIpc) is 2.26. The summed E-state index contributed by atoms with van der Waals surface area (Å²) in [6.07, 6.45) is 0. The SMILES string of the molecule is Cc1c(C(=O)O)ccc(N)c1CO[Si](C)(C)C(C)(C)C. The van der Waals surface area contributed by atoms with Crippen LogP contribution in [0.4, 0.5) is 5.69 Å². The Bertz CT molecular complexity index is 519. The van der Waals surface area contributed by atoms with E-state index in [1.807, 2.05) is 0 Å². The average molecular weight is 295 g/mol. The van der Waals surface area contributed by atoms with E-state index in [9.17, 15) is 4.79 Å². The number of carbonyl (C=O) groups is 1. The maximum Gasteiger partial charge on any atom is 0.335 e. The van der Waals surface area contributed by atoms with Gasteiger partial charge in [-0.25, -0.2) is 4.79 Å². The molecule has 1 aromatic rings. The molecule has 0 aliphatic carbocycles. The number of benzene rings is 1. The molecule has 3 N–H and O–H groups in total. The Labute approximate surface area is 122 Å². The molecule has 0 bridgehead atoms. The molecular weight excluding hydrogens is 270 g/mol. The second kappa shape index (κ2) is 5.58. The predicted octanol–water partition coefficient (Wildman–Crippen LogP) is 3.80. The summed E-state index contributed by atoms with van der Waals surface area (Å²) in [6, 6.07) is 3.18.